The molecule has 22 heavy (non-hydrogen) atoms. The molecule has 2 aliphatic heterocycles. The van der Waals surface area contributed by atoms with Gasteiger partial charge in [0.15, 0.2) is 5.82 Å². The summed E-state index contributed by atoms with van der Waals surface area (Å²) < 4.78 is 5.13. The molecule has 0 amide bonds. The van der Waals surface area contributed by atoms with Gasteiger partial charge in [-0.15, -0.1) is 0 Å². The molecule has 0 saturated carbocycles. The summed E-state index contributed by atoms with van der Waals surface area (Å²) in [5.74, 6) is 1.47. The number of hydrogen-bond acceptors (Lipinski definition) is 5. The molecule has 2 bridgehead atoms. The van der Waals surface area contributed by atoms with Crippen LogP contribution in [0.1, 0.15) is 36.7 Å². The van der Waals surface area contributed by atoms with Crippen molar-refractivity contribution in [1.82, 2.24) is 19.9 Å². The van der Waals surface area contributed by atoms with Crippen molar-refractivity contribution in [3.8, 4) is 0 Å². The van der Waals surface area contributed by atoms with E-state index in [1.54, 1.807) is 0 Å². The SMILES string of the molecule is Cc1nc(C(C)N2CC3CC2CN3Cc2ccccc2)no1. The van der Waals surface area contributed by atoms with Crippen LogP contribution >= 0.6 is 0 Å². The van der Waals surface area contributed by atoms with Crippen LogP contribution < -0.4 is 0 Å². The van der Waals surface area contributed by atoms with Crippen molar-refractivity contribution in [2.45, 2.75) is 44.9 Å². The highest BCUT2D eigenvalue weighted by molar-refractivity contribution is 5.16. The Bertz CT molecular complexity index is 641. The summed E-state index contributed by atoms with van der Waals surface area (Å²) in [6.45, 7) is 7.34. The van der Waals surface area contributed by atoms with E-state index in [0.29, 0.717) is 18.0 Å². The number of nitrogens with zero attached hydrogens (tertiary/aromatic N) is 4. The third-order valence-electron chi connectivity index (χ3n) is 5.04. The van der Waals surface area contributed by atoms with E-state index in [1.807, 2.05) is 6.92 Å². The van der Waals surface area contributed by atoms with Crippen molar-refractivity contribution >= 4 is 0 Å². The minimum atomic E-state index is 0.242. The fourth-order valence-corrected chi connectivity index (χ4v) is 3.90. The van der Waals surface area contributed by atoms with Gasteiger partial charge in [-0.1, -0.05) is 35.5 Å². The molecule has 116 valence electrons. The minimum Gasteiger partial charge on any atom is -0.340 e. The molecular formula is C17H22N4O. The molecular weight excluding hydrogens is 276 g/mol. The third kappa shape index (κ3) is 2.44. The van der Waals surface area contributed by atoms with E-state index < -0.39 is 0 Å². The van der Waals surface area contributed by atoms with E-state index in [9.17, 15) is 0 Å². The molecule has 0 N–H and O–H groups in total. The van der Waals surface area contributed by atoms with Crippen LogP contribution in [0, 0.1) is 6.92 Å². The van der Waals surface area contributed by atoms with Crippen LogP contribution in [0.5, 0.6) is 0 Å². The summed E-state index contributed by atoms with van der Waals surface area (Å²) in [4.78, 5) is 9.55. The number of fused-ring (bicyclic) bond motifs is 2. The highest BCUT2D eigenvalue weighted by atomic mass is 16.5. The lowest BCUT2D eigenvalue weighted by Gasteiger charge is -2.36. The number of aromatic nitrogens is 2. The Balaban J connectivity index is 1.41. The normalized spacial score (nSPS) is 26.6. The van der Waals surface area contributed by atoms with Gasteiger partial charge in [0.2, 0.25) is 5.89 Å². The van der Waals surface area contributed by atoms with Crippen molar-refractivity contribution in [1.29, 1.82) is 0 Å². The molecule has 5 nitrogen and oxygen atoms in total. The molecule has 0 radical (unpaired) electrons. The van der Waals surface area contributed by atoms with E-state index in [2.05, 4.69) is 57.2 Å². The first-order valence-corrected chi connectivity index (χ1v) is 8.04. The first-order chi connectivity index (χ1) is 10.7. The van der Waals surface area contributed by atoms with E-state index in [0.717, 1.165) is 25.5 Å². The molecule has 2 aliphatic rings. The monoisotopic (exact) mass is 298 g/mol. The van der Waals surface area contributed by atoms with E-state index in [1.165, 1.54) is 12.0 Å². The van der Waals surface area contributed by atoms with Crippen LogP contribution in [0.3, 0.4) is 0 Å². The van der Waals surface area contributed by atoms with Gasteiger partial charge < -0.3 is 4.52 Å². The second-order valence-electron chi connectivity index (χ2n) is 6.50. The number of piperazine rings is 1. The molecule has 1 aromatic carbocycles. The number of likely N-dealkylation sites (tertiary alicyclic amines) is 2. The van der Waals surface area contributed by atoms with Gasteiger partial charge in [-0.2, -0.15) is 4.98 Å². The van der Waals surface area contributed by atoms with Gasteiger partial charge in [-0.25, -0.2) is 0 Å². The van der Waals surface area contributed by atoms with Gasteiger partial charge in [0.05, 0.1) is 6.04 Å². The fourth-order valence-electron chi connectivity index (χ4n) is 3.90. The van der Waals surface area contributed by atoms with Crippen LogP contribution in [0.15, 0.2) is 34.9 Å². The maximum Gasteiger partial charge on any atom is 0.223 e. The summed E-state index contributed by atoms with van der Waals surface area (Å²) in [6.07, 6.45) is 1.26. The zero-order valence-corrected chi connectivity index (χ0v) is 13.1. The summed E-state index contributed by atoms with van der Waals surface area (Å²) in [5, 5.41) is 4.09. The van der Waals surface area contributed by atoms with Crippen LogP contribution in [0.4, 0.5) is 0 Å². The first-order valence-electron chi connectivity index (χ1n) is 8.04. The zero-order chi connectivity index (χ0) is 15.1. The largest absolute Gasteiger partial charge is 0.340 e. The molecule has 3 heterocycles. The van der Waals surface area contributed by atoms with Gasteiger partial charge in [0, 0.05) is 38.6 Å². The molecule has 3 atom stereocenters. The maximum absolute atomic E-state index is 5.13. The summed E-state index contributed by atoms with van der Waals surface area (Å²) in [7, 11) is 0. The molecule has 4 rings (SSSR count). The summed E-state index contributed by atoms with van der Waals surface area (Å²) >= 11 is 0. The van der Waals surface area contributed by atoms with E-state index in [4.69, 9.17) is 4.52 Å². The lowest BCUT2D eigenvalue weighted by molar-refractivity contribution is 0.0897. The Morgan fingerprint density at radius 2 is 2.05 bits per heavy atom. The van der Waals surface area contributed by atoms with Crippen LogP contribution in [0.2, 0.25) is 0 Å². The standard InChI is InChI=1S/C17H22N4O/c1-12(17-18-13(2)22-19-17)21-11-15-8-16(21)10-20(15)9-14-6-4-3-5-7-14/h3-7,12,15-16H,8-11H2,1-2H3. The number of aryl methyl sites for hydroxylation is 1. The summed E-state index contributed by atoms with van der Waals surface area (Å²) in [5.41, 5.74) is 1.41. The predicted octanol–water partition coefficient (Wildman–Crippen LogP) is 2.40. The van der Waals surface area contributed by atoms with E-state index >= 15 is 0 Å². The second kappa shape index (κ2) is 5.48. The number of hydrogen-bond donors (Lipinski definition) is 0. The Hall–Kier alpha value is -1.72. The number of rotatable bonds is 4. The Kier molecular flexibility index (Phi) is 3.47. The topological polar surface area (TPSA) is 45.4 Å². The highest BCUT2D eigenvalue weighted by Crippen LogP contribution is 2.36. The van der Waals surface area contributed by atoms with Gasteiger partial charge in [-0.3, -0.25) is 9.80 Å². The zero-order valence-electron chi connectivity index (χ0n) is 13.1. The Labute approximate surface area is 130 Å². The van der Waals surface area contributed by atoms with E-state index in [-0.39, 0.29) is 6.04 Å². The smallest absolute Gasteiger partial charge is 0.223 e. The molecule has 3 unspecified atom stereocenters. The van der Waals surface area contributed by atoms with Crippen LogP contribution in [-0.4, -0.2) is 45.1 Å². The van der Waals surface area contributed by atoms with Crippen LogP contribution in [0.25, 0.3) is 0 Å². The molecule has 1 aromatic heterocycles. The van der Waals surface area contributed by atoms with Gasteiger partial charge in [0.25, 0.3) is 0 Å². The van der Waals surface area contributed by atoms with Crippen molar-refractivity contribution in [3.05, 3.63) is 47.6 Å². The second-order valence-corrected chi connectivity index (χ2v) is 6.50. The van der Waals surface area contributed by atoms with Crippen LogP contribution in [-0.2, 0) is 6.54 Å². The van der Waals surface area contributed by atoms with Crippen molar-refractivity contribution in [3.63, 3.8) is 0 Å². The predicted molar refractivity (Wildman–Crippen MR) is 83.2 cm³/mol. The molecule has 0 spiro atoms. The Morgan fingerprint density at radius 3 is 2.68 bits per heavy atom. The van der Waals surface area contributed by atoms with Crippen molar-refractivity contribution in [2.75, 3.05) is 13.1 Å². The molecule has 5 heteroatoms. The maximum atomic E-state index is 5.13. The number of benzene rings is 1. The average Bonchev–Trinajstić information content (AvgIpc) is 3.23. The fraction of sp³-hybridized carbons (Fsp3) is 0.529. The van der Waals surface area contributed by atoms with Gasteiger partial charge in [-0.05, 0) is 18.9 Å². The Morgan fingerprint density at radius 1 is 1.23 bits per heavy atom. The van der Waals surface area contributed by atoms with Gasteiger partial charge >= 0.3 is 0 Å². The molecule has 2 aromatic rings. The van der Waals surface area contributed by atoms with Gasteiger partial charge in [0.1, 0.15) is 0 Å². The van der Waals surface area contributed by atoms with Crippen molar-refractivity contribution in [2.24, 2.45) is 0 Å². The lowest BCUT2D eigenvalue weighted by atomic mass is 10.1. The average molecular weight is 298 g/mol. The quantitative estimate of drug-likeness (QED) is 0.867. The lowest BCUT2D eigenvalue weighted by Crippen LogP contribution is -2.46. The third-order valence-corrected chi connectivity index (χ3v) is 5.04. The molecule has 0 aliphatic carbocycles. The highest BCUT2D eigenvalue weighted by Gasteiger charge is 2.45. The van der Waals surface area contributed by atoms with Crippen molar-refractivity contribution < 1.29 is 4.52 Å². The molecule has 2 saturated heterocycles. The molecule has 2 fully saturated rings. The summed E-state index contributed by atoms with van der Waals surface area (Å²) in [6, 6.07) is 12.3. The first kappa shape index (κ1) is 13.9. The minimum absolute atomic E-state index is 0.242.